The summed E-state index contributed by atoms with van der Waals surface area (Å²) in [6.45, 7) is 0.249. The monoisotopic (exact) mass is 238 g/mol. The molecule has 0 amide bonds. The number of rotatable bonds is 2. The number of aliphatic hydroxyl groups is 1. The number of pyridine rings is 1. The van der Waals surface area contributed by atoms with Crippen LogP contribution >= 0.6 is 0 Å². The Balaban J connectivity index is 2.01. The van der Waals surface area contributed by atoms with Gasteiger partial charge in [0.15, 0.2) is 0 Å². The quantitative estimate of drug-likeness (QED) is 0.721. The van der Waals surface area contributed by atoms with Crippen molar-refractivity contribution < 1.29 is 5.11 Å². The second kappa shape index (κ2) is 3.33. The van der Waals surface area contributed by atoms with E-state index in [1.807, 2.05) is 12.3 Å². The van der Waals surface area contributed by atoms with Crippen molar-refractivity contribution in [1.29, 1.82) is 0 Å². The van der Waals surface area contributed by atoms with E-state index in [2.05, 4.69) is 28.2 Å². The third kappa shape index (κ3) is 1.25. The molecule has 0 atom stereocenters. The first kappa shape index (κ1) is 10.1. The highest BCUT2D eigenvalue weighted by Crippen LogP contribution is 2.48. The van der Waals surface area contributed by atoms with Gasteiger partial charge < -0.3 is 10.1 Å². The molecule has 3 heteroatoms. The summed E-state index contributed by atoms with van der Waals surface area (Å²) in [5.41, 5.74) is 3.53. The first-order valence-corrected chi connectivity index (χ1v) is 6.29. The van der Waals surface area contributed by atoms with Crippen LogP contribution in [0.25, 0.3) is 21.8 Å². The predicted octanol–water partition coefficient (Wildman–Crippen LogP) is 2.74. The van der Waals surface area contributed by atoms with E-state index >= 15 is 0 Å². The van der Waals surface area contributed by atoms with Gasteiger partial charge in [-0.15, -0.1) is 0 Å². The number of aliphatic hydroxyl groups excluding tert-OH is 1. The number of nitrogens with zero attached hydrogens (tertiary/aromatic N) is 1. The van der Waals surface area contributed by atoms with Crippen LogP contribution in [0, 0.1) is 0 Å². The number of benzene rings is 1. The molecular weight excluding hydrogens is 224 g/mol. The molecule has 2 N–H and O–H groups in total. The van der Waals surface area contributed by atoms with Crippen molar-refractivity contribution in [3.63, 3.8) is 0 Å². The summed E-state index contributed by atoms with van der Waals surface area (Å²) in [5, 5.41) is 11.9. The molecule has 3 nitrogen and oxygen atoms in total. The van der Waals surface area contributed by atoms with E-state index in [9.17, 15) is 5.11 Å². The van der Waals surface area contributed by atoms with Crippen LogP contribution in [0.1, 0.15) is 18.4 Å². The van der Waals surface area contributed by atoms with Crippen LogP contribution in [-0.2, 0) is 5.41 Å². The van der Waals surface area contributed by atoms with E-state index in [1.165, 1.54) is 10.9 Å². The molecule has 1 saturated carbocycles. The molecule has 0 saturated heterocycles. The predicted molar refractivity (Wildman–Crippen MR) is 71.6 cm³/mol. The van der Waals surface area contributed by atoms with Gasteiger partial charge in [-0.25, -0.2) is 0 Å². The normalized spacial score (nSPS) is 17.4. The molecular formula is C15H14N2O. The van der Waals surface area contributed by atoms with Crippen molar-refractivity contribution >= 4 is 21.8 Å². The molecule has 2 heterocycles. The van der Waals surface area contributed by atoms with Gasteiger partial charge in [-0.3, -0.25) is 4.98 Å². The van der Waals surface area contributed by atoms with Crippen molar-refractivity contribution in [2.45, 2.75) is 18.3 Å². The summed E-state index contributed by atoms with van der Waals surface area (Å²) in [4.78, 5) is 7.59. The molecule has 0 spiro atoms. The van der Waals surface area contributed by atoms with Crippen molar-refractivity contribution in [3.05, 3.63) is 42.2 Å². The van der Waals surface area contributed by atoms with Crippen molar-refractivity contribution in [2.24, 2.45) is 0 Å². The SMILES string of the molecule is OCC1(c2ccc3[nH]c4ccncc4c3c2)CC1. The number of fused-ring (bicyclic) bond motifs is 3. The van der Waals surface area contributed by atoms with Crippen LogP contribution in [0.15, 0.2) is 36.7 Å². The molecule has 4 rings (SSSR count). The van der Waals surface area contributed by atoms with E-state index in [0.717, 1.165) is 29.3 Å². The maximum Gasteiger partial charge on any atom is 0.0527 e. The van der Waals surface area contributed by atoms with Gasteiger partial charge in [0, 0.05) is 39.6 Å². The maximum atomic E-state index is 9.53. The highest BCUT2D eigenvalue weighted by atomic mass is 16.3. The minimum atomic E-state index is 0.0278. The minimum absolute atomic E-state index is 0.0278. The van der Waals surface area contributed by atoms with E-state index < -0.39 is 0 Å². The second-order valence-electron chi connectivity index (χ2n) is 5.25. The number of hydrogen-bond donors (Lipinski definition) is 2. The number of hydrogen-bond acceptors (Lipinski definition) is 2. The summed E-state index contributed by atoms with van der Waals surface area (Å²) >= 11 is 0. The zero-order chi connectivity index (χ0) is 12.2. The van der Waals surface area contributed by atoms with Crippen molar-refractivity contribution in [3.8, 4) is 0 Å². The Morgan fingerprint density at radius 3 is 2.78 bits per heavy atom. The number of nitrogens with one attached hydrogen (secondary N) is 1. The molecule has 2 aromatic heterocycles. The molecule has 90 valence electrons. The van der Waals surface area contributed by atoms with Crippen LogP contribution in [0.5, 0.6) is 0 Å². The van der Waals surface area contributed by atoms with E-state index in [1.54, 1.807) is 6.20 Å². The molecule has 1 aromatic carbocycles. The first-order valence-electron chi connectivity index (χ1n) is 6.29. The molecule has 18 heavy (non-hydrogen) atoms. The Labute approximate surface area is 104 Å². The lowest BCUT2D eigenvalue weighted by atomic mass is 9.95. The van der Waals surface area contributed by atoms with Gasteiger partial charge in [-0.05, 0) is 36.6 Å². The smallest absolute Gasteiger partial charge is 0.0527 e. The topological polar surface area (TPSA) is 48.9 Å². The zero-order valence-corrected chi connectivity index (χ0v) is 9.98. The third-order valence-corrected chi connectivity index (χ3v) is 4.17. The van der Waals surface area contributed by atoms with Crippen LogP contribution in [0.3, 0.4) is 0 Å². The Morgan fingerprint density at radius 2 is 2.00 bits per heavy atom. The van der Waals surface area contributed by atoms with Gasteiger partial charge in [0.25, 0.3) is 0 Å². The molecule has 3 aromatic rings. The molecule has 1 aliphatic carbocycles. The lowest BCUT2D eigenvalue weighted by molar-refractivity contribution is 0.255. The molecule has 0 unspecified atom stereocenters. The highest BCUT2D eigenvalue weighted by Gasteiger charge is 2.43. The van der Waals surface area contributed by atoms with Gasteiger partial charge in [0.1, 0.15) is 0 Å². The molecule has 0 aliphatic heterocycles. The summed E-state index contributed by atoms with van der Waals surface area (Å²) < 4.78 is 0. The lowest BCUT2D eigenvalue weighted by Gasteiger charge is -2.11. The Bertz CT molecular complexity index is 740. The summed E-state index contributed by atoms with van der Waals surface area (Å²) in [6, 6.07) is 8.45. The van der Waals surface area contributed by atoms with Crippen LogP contribution in [0.2, 0.25) is 0 Å². The van der Waals surface area contributed by atoms with Crippen LogP contribution in [0.4, 0.5) is 0 Å². The van der Waals surface area contributed by atoms with E-state index in [4.69, 9.17) is 0 Å². The van der Waals surface area contributed by atoms with Gasteiger partial charge in [-0.2, -0.15) is 0 Å². The number of aromatic nitrogens is 2. The summed E-state index contributed by atoms with van der Waals surface area (Å²) in [7, 11) is 0. The molecule has 0 radical (unpaired) electrons. The highest BCUT2D eigenvalue weighted by molar-refractivity contribution is 6.07. The summed E-state index contributed by atoms with van der Waals surface area (Å²) in [6.07, 6.45) is 5.89. The Morgan fingerprint density at radius 1 is 1.17 bits per heavy atom. The fourth-order valence-electron chi connectivity index (χ4n) is 2.76. The average molecular weight is 238 g/mol. The lowest BCUT2D eigenvalue weighted by Crippen LogP contribution is -2.11. The zero-order valence-electron chi connectivity index (χ0n) is 9.98. The van der Waals surface area contributed by atoms with Crippen molar-refractivity contribution in [2.75, 3.05) is 6.61 Å². The third-order valence-electron chi connectivity index (χ3n) is 4.17. The largest absolute Gasteiger partial charge is 0.395 e. The molecule has 1 aliphatic rings. The van der Waals surface area contributed by atoms with Gasteiger partial charge in [0.2, 0.25) is 0 Å². The molecule has 1 fully saturated rings. The first-order chi connectivity index (χ1) is 8.82. The number of aromatic amines is 1. The van der Waals surface area contributed by atoms with Crippen LogP contribution < -0.4 is 0 Å². The Hall–Kier alpha value is -1.87. The van der Waals surface area contributed by atoms with Gasteiger partial charge >= 0.3 is 0 Å². The fraction of sp³-hybridized carbons (Fsp3) is 0.267. The maximum absolute atomic E-state index is 9.53. The molecule has 0 bridgehead atoms. The van der Waals surface area contributed by atoms with E-state index in [0.29, 0.717) is 0 Å². The van der Waals surface area contributed by atoms with Gasteiger partial charge in [0.05, 0.1) is 6.61 Å². The summed E-state index contributed by atoms with van der Waals surface area (Å²) in [5.74, 6) is 0. The van der Waals surface area contributed by atoms with Crippen LogP contribution in [-0.4, -0.2) is 21.7 Å². The average Bonchev–Trinajstić information content (AvgIpc) is 3.14. The Kier molecular flexibility index (Phi) is 1.87. The minimum Gasteiger partial charge on any atom is -0.395 e. The standard InChI is InChI=1S/C15H14N2O/c18-9-15(4-5-15)10-1-2-13-11(7-10)12-8-16-6-3-14(12)17-13/h1-3,6-8,17-18H,4-5,9H2. The van der Waals surface area contributed by atoms with Gasteiger partial charge in [-0.1, -0.05) is 6.07 Å². The number of H-pyrrole nitrogens is 1. The fourth-order valence-corrected chi connectivity index (χ4v) is 2.76. The van der Waals surface area contributed by atoms with E-state index in [-0.39, 0.29) is 12.0 Å². The second-order valence-corrected chi connectivity index (χ2v) is 5.25. The van der Waals surface area contributed by atoms with Crippen molar-refractivity contribution in [1.82, 2.24) is 9.97 Å².